The minimum Gasteiger partial charge on any atom is -0.425 e. The summed E-state index contributed by atoms with van der Waals surface area (Å²) in [5.74, 6) is -4.32. The number of amides is 2. The van der Waals surface area contributed by atoms with Gasteiger partial charge in [0.05, 0.1) is 28.4 Å². The molecule has 1 saturated heterocycles. The first-order chi connectivity index (χ1) is 19.3. The van der Waals surface area contributed by atoms with E-state index in [0.29, 0.717) is 16.9 Å². The number of hydrogen-bond donors (Lipinski definition) is 0. The maximum atomic E-state index is 14.2. The number of anilines is 1. The average molecular weight is 531 g/mol. The second kappa shape index (κ2) is 8.71. The zero-order valence-electron chi connectivity index (χ0n) is 21.3. The number of ether oxygens (including phenoxy) is 1. The maximum absolute atomic E-state index is 14.2. The molecule has 7 rings (SSSR count). The fraction of sp³-hybridized carbons (Fsp3) is 0.156. The summed E-state index contributed by atoms with van der Waals surface area (Å²) in [6.07, 6.45) is 1.95. The Balaban J connectivity index is 1.42. The van der Waals surface area contributed by atoms with Crippen LogP contribution in [0.4, 0.5) is 11.4 Å². The smallest absolute Gasteiger partial charge is 0.319 e. The van der Waals surface area contributed by atoms with Crippen LogP contribution in [0, 0.1) is 34.8 Å². The number of imide groups is 1. The second-order valence-electron chi connectivity index (χ2n) is 10.4. The molecule has 0 spiro atoms. The Morgan fingerprint density at radius 3 is 2.33 bits per heavy atom. The predicted molar refractivity (Wildman–Crippen MR) is 148 cm³/mol. The summed E-state index contributed by atoms with van der Waals surface area (Å²) in [7, 11) is 0. The van der Waals surface area contributed by atoms with Crippen LogP contribution in [0.5, 0.6) is 5.75 Å². The van der Waals surface area contributed by atoms with Crippen molar-refractivity contribution in [1.82, 2.24) is 0 Å². The van der Waals surface area contributed by atoms with Gasteiger partial charge in [0.1, 0.15) is 5.75 Å². The Labute approximate surface area is 228 Å². The van der Waals surface area contributed by atoms with Gasteiger partial charge >= 0.3 is 5.97 Å². The molecule has 4 aromatic rings. The molecule has 40 heavy (non-hydrogen) atoms. The highest BCUT2D eigenvalue weighted by Crippen LogP contribution is 2.55. The third-order valence-corrected chi connectivity index (χ3v) is 8.30. The summed E-state index contributed by atoms with van der Waals surface area (Å²) >= 11 is 0. The fourth-order valence-electron chi connectivity index (χ4n) is 6.53. The van der Waals surface area contributed by atoms with Gasteiger partial charge in [-0.15, -0.1) is 0 Å². The minimum absolute atomic E-state index is 0.136. The lowest BCUT2D eigenvalue weighted by Gasteiger charge is -2.38. The van der Waals surface area contributed by atoms with Gasteiger partial charge in [-0.3, -0.25) is 24.5 Å². The van der Waals surface area contributed by atoms with E-state index in [-0.39, 0.29) is 11.4 Å². The molecule has 4 atom stereocenters. The van der Waals surface area contributed by atoms with Gasteiger partial charge in [-0.2, -0.15) is 0 Å². The summed E-state index contributed by atoms with van der Waals surface area (Å²) in [6, 6.07) is 25.0. The normalized spacial score (nSPS) is 23.3. The van der Waals surface area contributed by atoms with Crippen LogP contribution < -0.4 is 9.64 Å². The van der Waals surface area contributed by atoms with E-state index in [1.807, 2.05) is 72.8 Å². The number of nitrogens with zero attached hydrogens (tertiary/aromatic N) is 2. The summed E-state index contributed by atoms with van der Waals surface area (Å²) in [5, 5.41) is 13.0. The number of hydrogen-bond acceptors (Lipinski definition) is 6. The van der Waals surface area contributed by atoms with Gasteiger partial charge in [-0.25, -0.2) is 4.90 Å². The summed E-state index contributed by atoms with van der Waals surface area (Å²) < 4.78 is 5.92. The van der Waals surface area contributed by atoms with E-state index in [2.05, 4.69) is 0 Å². The van der Waals surface area contributed by atoms with Crippen LogP contribution in [-0.4, -0.2) is 22.7 Å². The van der Waals surface area contributed by atoms with Gasteiger partial charge in [0.15, 0.2) is 0 Å². The summed E-state index contributed by atoms with van der Waals surface area (Å²) in [6.45, 7) is 1.62. The van der Waals surface area contributed by atoms with Gasteiger partial charge in [0, 0.05) is 29.0 Å². The van der Waals surface area contributed by atoms with Crippen LogP contribution in [0.25, 0.3) is 16.3 Å². The summed E-state index contributed by atoms with van der Waals surface area (Å²) in [5.41, 5.74) is 2.82. The SMILES string of the molecule is Cc1cc([N+](=O)[O-])ccc1N1C(=O)[C@@H]2[C@@H]3C(=O)Oc4c(ccc5ccccc45)C3=C[C@@H](c3ccccc3)[C@H]2C1=O. The van der Waals surface area contributed by atoms with Crippen LogP contribution in [0.1, 0.15) is 22.6 Å². The van der Waals surface area contributed by atoms with Crippen molar-refractivity contribution in [3.63, 3.8) is 0 Å². The molecule has 8 nitrogen and oxygen atoms in total. The van der Waals surface area contributed by atoms with Crippen LogP contribution in [-0.2, 0) is 14.4 Å². The number of benzene rings is 4. The van der Waals surface area contributed by atoms with Crippen molar-refractivity contribution in [2.75, 3.05) is 4.90 Å². The van der Waals surface area contributed by atoms with Gasteiger partial charge in [-0.05, 0) is 35.1 Å². The van der Waals surface area contributed by atoms with Crippen LogP contribution in [0.15, 0.2) is 91.0 Å². The number of fused-ring (bicyclic) bond motifs is 7. The van der Waals surface area contributed by atoms with Crippen LogP contribution in [0.3, 0.4) is 0 Å². The van der Waals surface area contributed by atoms with E-state index in [0.717, 1.165) is 26.8 Å². The lowest BCUT2D eigenvalue weighted by atomic mass is 9.64. The minimum atomic E-state index is -0.987. The standard InChI is InChI=1S/C32H22N2O6/c1-17-15-20(34(38)39)12-14-25(17)33-30(35)26-23(18-7-3-2-4-8-18)16-24-22-13-11-19-9-5-6-10-21(19)29(22)40-32(37)27(24)28(26)31(33)36/h2-16,23,26-28H,1H3/t23-,26+,27+,28-/m0/s1. The van der Waals surface area contributed by atoms with Crippen molar-refractivity contribution in [2.45, 2.75) is 12.8 Å². The Morgan fingerprint density at radius 2 is 1.57 bits per heavy atom. The first-order valence-corrected chi connectivity index (χ1v) is 13.0. The number of esters is 1. The van der Waals surface area contributed by atoms with E-state index < -0.39 is 46.4 Å². The Bertz CT molecular complexity index is 1810. The van der Waals surface area contributed by atoms with Gasteiger partial charge in [-0.1, -0.05) is 72.8 Å². The number of allylic oxidation sites excluding steroid dienone is 1. The van der Waals surface area contributed by atoms with Crippen molar-refractivity contribution in [3.05, 3.63) is 118 Å². The number of carbonyl (C=O) groups excluding carboxylic acids is 3. The lowest BCUT2D eigenvalue weighted by Crippen LogP contribution is -2.42. The molecule has 2 heterocycles. The molecule has 0 radical (unpaired) electrons. The number of non-ortho nitro benzene ring substituents is 1. The van der Waals surface area contributed by atoms with Crippen LogP contribution >= 0.6 is 0 Å². The van der Waals surface area contributed by atoms with Gasteiger partial charge < -0.3 is 4.74 Å². The van der Waals surface area contributed by atoms with E-state index in [1.54, 1.807) is 6.92 Å². The number of rotatable bonds is 3. The highest BCUT2D eigenvalue weighted by atomic mass is 16.6. The van der Waals surface area contributed by atoms with Crippen molar-refractivity contribution in [3.8, 4) is 5.75 Å². The maximum Gasteiger partial charge on any atom is 0.319 e. The van der Waals surface area contributed by atoms with Crippen molar-refractivity contribution in [2.24, 2.45) is 17.8 Å². The Kier molecular flexibility index (Phi) is 5.22. The molecule has 2 amide bonds. The van der Waals surface area contributed by atoms with E-state index >= 15 is 0 Å². The first kappa shape index (κ1) is 24.0. The molecule has 0 aromatic heterocycles. The fourth-order valence-corrected chi connectivity index (χ4v) is 6.53. The molecule has 1 fully saturated rings. The van der Waals surface area contributed by atoms with Crippen molar-refractivity contribution in [1.29, 1.82) is 0 Å². The molecule has 3 aliphatic rings. The predicted octanol–water partition coefficient (Wildman–Crippen LogP) is 5.58. The number of nitro benzene ring substituents is 1. The van der Waals surface area contributed by atoms with Crippen LogP contribution in [0.2, 0.25) is 0 Å². The number of nitro groups is 1. The third-order valence-electron chi connectivity index (χ3n) is 8.30. The lowest BCUT2D eigenvalue weighted by molar-refractivity contribution is -0.384. The molecule has 4 aromatic carbocycles. The molecular formula is C32H22N2O6. The van der Waals surface area contributed by atoms with Crippen molar-refractivity contribution >= 4 is 45.5 Å². The molecular weight excluding hydrogens is 508 g/mol. The average Bonchev–Trinajstić information content (AvgIpc) is 3.22. The zero-order chi connectivity index (χ0) is 27.7. The number of carbonyl (C=O) groups is 3. The second-order valence-corrected chi connectivity index (χ2v) is 10.4. The van der Waals surface area contributed by atoms with Crippen molar-refractivity contribution < 1.29 is 24.0 Å². The molecule has 0 saturated carbocycles. The van der Waals surface area contributed by atoms with E-state index in [4.69, 9.17) is 4.74 Å². The first-order valence-electron chi connectivity index (χ1n) is 13.0. The molecule has 0 N–H and O–H groups in total. The Hall–Kier alpha value is -5.11. The highest BCUT2D eigenvalue weighted by Gasteiger charge is 2.60. The monoisotopic (exact) mass is 530 g/mol. The molecule has 8 heteroatoms. The quantitative estimate of drug-likeness (QED) is 0.113. The van der Waals surface area contributed by atoms with Gasteiger partial charge in [0.2, 0.25) is 11.8 Å². The topological polar surface area (TPSA) is 107 Å². The van der Waals surface area contributed by atoms with Gasteiger partial charge in [0.25, 0.3) is 5.69 Å². The largest absolute Gasteiger partial charge is 0.425 e. The third kappa shape index (κ3) is 3.35. The molecule has 0 bridgehead atoms. The molecule has 0 unspecified atom stereocenters. The zero-order valence-corrected chi connectivity index (χ0v) is 21.3. The molecule has 196 valence electrons. The highest BCUT2D eigenvalue weighted by molar-refractivity contribution is 6.25. The number of aryl methyl sites for hydroxylation is 1. The van der Waals surface area contributed by atoms with E-state index in [9.17, 15) is 24.5 Å². The summed E-state index contributed by atoms with van der Waals surface area (Å²) in [4.78, 5) is 53.8. The molecule has 2 aliphatic heterocycles. The molecule has 1 aliphatic carbocycles. The Morgan fingerprint density at radius 1 is 0.850 bits per heavy atom. The van der Waals surface area contributed by atoms with E-state index in [1.165, 1.54) is 18.2 Å².